The van der Waals surface area contributed by atoms with Crippen LogP contribution in [-0.2, 0) is 23.1 Å². The Morgan fingerprint density at radius 2 is 1.97 bits per heavy atom. The summed E-state index contributed by atoms with van der Waals surface area (Å²) in [5.41, 5.74) is 7.98. The van der Waals surface area contributed by atoms with Crippen LogP contribution in [0.5, 0.6) is 5.75 Å². The largest absolute Gasteiger partial charge is 0.493 e. The molecule has 1 aromatic heterocycles. The number of carbonyl (C=O) groups is 1. The zero-order valence-electron chi connectivity index (χ0n) is 17.7. The molecule has 0 radical (unpaired) electrons. The maximum Gasteiger partial charge on any atom is 0.147 e. The van der Waals surface area contributed by atoms with E-state index < -0.39 is 0 Å². The predicted octanol–water partition coefficient (Wildman–Crippen LogP) is 6.17. The molecule has 1 aliphatic heterocycles. The number of hydrogen-bond acceptors (Lipinski definition) is 2. The minimum Gasteiger partial charge on any atom is -0.493 e. The number of H-pyrrole nitrogens is 1. The Hall–Kier alpha value is -3.33. The number of nitrogens with one attached hydrogen (secondary N) is 1. The van der Waals surface area contributed by atoms with Gasteiger partial charge in [-0.25, -0.2) is 0 Å². The molecule has 6 rings (SSSR count). The molecule has 1 saturated carbocycles. The van der Waals surface area contributed by atoms with E-state index in [9.17, 15) is 4.79 Å². The normalized spacial score (nSPS) is 16.2. The zero-order valence-corrected chi connectivity index (χ0v) is 17.7. The summed E-state index contributed by atoms with van der Waals surface area (Å²) in [5.74, 6) is 1.32. The zero-order chi connectivity index (χ0) is 21.0. The number of carbonyl (C=O) groups excluding carboxylic acids is 1. The second-order valence-electron chi connectivity index (χ2n) is 9.03. The van der Waals surface area contributed by atoms with Gasteiger partial charge in [0.2, 0.25) is 0 Å². The molecule has 3 heteroatoms. The first kappa shape index (κ1) is 18.4. The third kappa shape index (κ3) is 3.07. The summed E-state index contributed by atoms with van der Waals surface area (Å²) in [6.45, 7) is 2.89. The van der Waals surface area contributed by atoms with Crippen LogP contribution in [0.1, 0.15) is 36.5 Å². The second-order valence-corrected chi connectivity index (χ2v) is 9.03. The van der Waals surface area contributed by atoms with Gasteiger partial charge < -0.3 is 9.72 Å². The van der Waals surface area contributed by atoms with Crippen molar-refractivity contribution in [2.45, 2.75) is 38.0 Å². The number of hydrogen-bond donors (Lipinski definition) is 1. The molecule has 31 heavy (non-hydrogen) atoms. The van der Waals surface area contributed by atoms with Gasteiger partial charge in [0.05, 0.1) is 12.0 Å². The molecule has 0 atom stereocenters. The van der Waals surface area contributed by atoms with E-state index in [0.29, 0.717) is 12.2 Å². The fourth-order valence-electron chi connectivity index (χ4n) is 5.00. The van der Waals surface area contributed by atoms with E-state index in [4.69, 9.17) is 4.74 Å². The van der Waals surface area contributed by atoms with Crippen LogP contribution < -0.4 is 4.74 Å². The van der Waals surface area contributed by atoms with Crippen molar-refractivity contribution in [3.63, 3.8) is 0 Å². The average Bonchev–Trinajstić information content (AvgIpc) is 3.24. The van der Waals surface area contributed by atoms with Gasteiger partial charge in [-0.15, -0.1) is 0 Å². The Balaban J connectivity index is 0.00000216. The maximum atomic E-state index is 13.4. The van der Waals surface area contributed by atoms with E-state index in [0.717, 1.165) is 42.7 Å². The van der Waals surface area contributed by atoms with Gasteiger partial charge in [-0.1, -0.05) is 36.4 Å². The molecule has 0 bridgehead atoms. The Morgan fingerprint density at radius 3 is 2.84 bits per heavy atom. The quantitative estimate of drug-likeness (QED) is 0.428. The van der Waals surface area contributed by atoms with Crippen molar-refractivity contribution in [3.8, 4) is 16.9 Å². The molecule has 1 aliphatic carbocycles. The summed E-state index contributed by atoms with van der Waals surface area (Å²) >= 11 is 0. The topological polar surface area (TPSA) is 42.1 Å². The number of aromatic amines is 1. The highest BCUT2D eigenvalue weighted by molar-refractivity contribution is 5.95. The van der Waals surface area contributed by atoms with Crippen molar-refractivity contribution < 1.29 is 11.0 Å². The van der Waals surface area contributed by atoms with E-state index in [1.807, 2.05) is 12.3 Å². The number of benzene rings is 3. The first-order valence-electron chi connectivity index (χ1n) is 11.1. The van der Waals surface area contributed by atoms with Gasteiger partial charge >= 0.3 is 0 Å². The van der Waals surface area contributed by atoms with E-state index in [1.165, 1.54) is 33.2 Å². The van der Waals surface area contributed by atoms with Gasteiger partial charge in [-0.05, 0) is 82.8 Å². The number of aryl methyl sites for hydroxylation is 1. The van der Waals surface area contributed by atoms with Crippen molar-refractivity contribution in [1.82, 2.24) is 4.98 Å². The van der Waals surface area contributed by atoms with E-state index in [2.05, 4.69) is 66.5 Å². The highest BCUT2D eigenvalue weighted by Crippen LogP contribution is 2.50. The first-order chi connectivity index (χ1) is 15.1. The van der Waals surface area contributed by atoms with Crippen molar-refractivity contribution in [1.29, 1.82) is 0 Å². The van der Waals surface area contributed by atoms with Gasteiger partial charge in [0.1, 0.15) is 11.5 Å². The van der Waals surface area contributed by atoms with Crippen LogP contribution in [0.4, 0.5) is 0 Å². The van der Waals surface area contributed by atoms with Gasteiger partial charge in [-0.2, -0.15) is 0 Å². The third-order valence-electron chi connectivity index (χ3n) is 7.06. The lowest BCUT2D eigenvalue weighted by Gasteiger charge is -2.16. The average molecular weight is 410 g/mol. The molecule has 3 nitrogen and oxygen atoms in total. The highest BCUT2D eigenvalue weighted by atomic mass is 16.5. The number of ether oxygens (including phenoxy) is 1. The molecule has 1 N–H and O–H groups in total. The monoisotopic (exact) mass is 409 g/mol. The Labute approximate surface area is 183 Å². The van der Waals surface area contributed by atoms with Gasteiger partial charge in [0.25, 0.3) is 0 Å². The lowest BCUT2D eigenvalue weighted by atomic mass is 9.86. The van der Waals surface area contributed by atoms with E-state index in [1.54, 1.807) is 0 Å². The highest BCUT2D eigenvalue weighted by Gasteiger charge is 2.50. The van der Waals surface area contributed by atoms with Crippen molar-refractivity contribution in [3.05, 3.63) is 89.1 Å². The molecule has 2 heterocycles. The van der Waals surface area contributed by atoms with E-state index in [-0.39, 0.29) is 6.84 Å². The molecule has 0 amide bonds. The van der Waals surface area contributed by atoms with Crippen LogP contribution in [-0.4, -0.2) is 17.4 Å². The third-order valence-corrected chi connectivity index (χ3v) is 7.06. The summed E-state index contributed by atoms with van der Waals surface area (Å²) in [4.78, 5) is 16.7. The number of ketones is 1. The summed E-state index contributed by atoms with van der Waals surface area (Å²) in [7, 11) is 0. The standard InChI is InChI=1S/C28H25NO2.H2/c1-18-2-3-19(14-24(18)20-4-6-25-21(16-20)8-12-29-25)15-27(30)28(10-11-28)23-5-7-26-22(17-23)9-13-31-26;/h2-8,12,14,16-17,29H,9-11,13,15H2,1H3;1H. The lowest BCUT2D eigenvalue weighted by molar-refractivity contribution is -0.120. The summed E-state index contributed by atoms with van der Waals surface area (Å²) in [6, 6.07) is 21.4. The van der Waals surface area contributed by atoms with Crippen LogP contribution in [0.3, 0.4) is 0 Å². The van der Waals surface area contributed by atoms with Crippen LogP contribution in [0, 0.1) is 6.92 Å². The predicted molar refractivity (Wildman–Crippen MR) is 126 cm³/mol. The SMILES string of the molecule is Cc1ccc(CC(=O)C2(c3ccc4c(c3)CCO4)CC2)cc1-c1ccc2[nH]ccc2c1.[HH]. The molecule has 0 spiro atoms. The van der Waals surface area contributed by atoms with Gasteiger partial charge in [-0.3, -0.25) is 4.79 Å². The molecule has 2 aliphatic rings. The summed E-state index contributed by atoms with van der Waals surface area (Å²) in [5, 5.41) is 1.20. The Bertz CT molecular complexity index is 1330. The number of fused-ring (bicyclic) bond motifs is 2. The summed E-state index contributed by atoms with van der Waals surface area (Å²) < 4.78 is 5.64. The van der Waals surface area contributed by atoms with Crippen LogP contribution in [0.2, 0.25) is 0 Å². The van der Waals surface area contributed by atoms with Gasteiger partial charge in [0.15, 0.2) is 0 Å². The van der Waals surface area contributed by atoms with Crippen LogP contribution >= 0.6 is 0 Å². The van der Waals surface area contributed by atoms with E-state index >= 15 is 0 Å². The molecule has 1 fully saturated rings. The minimum atomic E-state index is -0.299. The smallest absolute Gasteiger partial charge is 0.147 e. The minimum absolute atomic E-state index is 0. The molecular weight excluding hydrogens is 382 g/mol. The fourth-order valence-corrected chi connectivity index (χ4v) is 5.00. The molecule has 3 aromatic carbocycles. The second kappa shape index (κ2) is 6.84. The van der Waals surface area contributed by atoms with Crippen molar-refractivity contribution in [2.24, 2.45) is 0 Å². The molecule has 0 unspecified atom stereocenters. The lowest BCUT2D eigenvalue weighted by Crippen LogP contribution is -2.22. The molecule has 0 saturated heterocycles. The number of rotatable bonds is 5. The van der Waals surface area contributed by atoms with Gasteiger partial charge in [0, 0.05) is 26.0 Å². The van der Waals surface area contributed by atoms with Crippen molar-refractivity contribution >= 4 is 16.7 Å². The van der Waals surface area contributed by atoms with Crippen molar-refractivity contribution in [2.75, 3.05) is 6.61 Å². The molecule has 156 valence electrons. The summed E-state index contributed by atoms with van der Waals surface area (Å²) in [6.07, 6.45) is 5.30. The number of aromatic nitrogens is 1. The molecule has 4 aromatic rings. The Kier molecular flexibility index (Phi) is 4.07. The van der Waals surface area contributed by atoms with Crippen LogP contribution in [0.15, 0.2) is 66.9 Å². The Morgan fingerprint density at radius 1 is 1.06 bits per heavy atom. The first-order valence-corrected chi connectivity index (χ1v) is 11.1. The maximum absolute atomic E-state index is 13.4. The fraction of sp³-hybridized carbons (Fsp3) is 0.250. The number of Topliss-reactive ketones (excluding diaryl/α,β-unsaturated/α-hetero) is 1. The molecular formula is C28H27NO2. The van der Waals surface area contributed by atoms with Crippen LogP contribution in [0.25, 0.3) is 22.0 Å².